The van der Waals surface area contributed by atoms with Gasteiger partial charge in [0.05, 0.1) is 11.4 Å². The minimum absolute atomic E-state index is 0.268. The second-order valence-corrected chi connectivity index (χ2v) is 3.92. The first-order chi connectivity index (χ1) is 9.20. The van der Waals surface area contributed by atoms with Gasteiger partial charge in [-0.15, -0.1) is 10.2 Å². The highest BCUT2D eigenvalue weighted by molar-refractivity contribution is 6.03. The molecule has 0 saturated carbocycles. The average molecular weight is 257 g/mol. The molecule has 2 aromatic rings. The molecule has 2 N–H and O–H groups in total. The van der Waals surface area contributed by atoms with E-state index < -0.39 is 0 Å². The molecular weight excluding hydrogens is 242 g/mol. The van der Waals surface area contributed by atoms with Crippen LogP contribution in [0.5, 0.6) is 0 Å². The zero-order valence-corrected chi connectivity index (χ0v) is 10.8. The molecule has 0 aromatic carbocycles. The van der Waals surface area contributed by atoms with Gasteiger partial charge in [0.2, 0.25) is 0 Å². The van der Waals surface area contributed by atoms with E-state index in [9.17, 15) is 4.79 Å². The van der Waals surface area contributed by atoms with Crippen molar-refractivity contribution in [1.29, 1.82) is 0 Å². The topological polar surface area (TPSA) is 79.8 Å². The van der Waals surface area contributed by atoms with Gasteiger partial charge in [-0.2, -0.15) is 0 Å². The summed E-state index contributed by atoms with van der Waals surface area (Å²) in [5.74, 6) is 0.350. The molecule has 0 atom stereocenters. The fraction of sp³-hybridized carbons (Fsp3) is 0.231. The van der Waals surface area contributed by atoms with Gasteiger partial charge >= 0.3 is 0 Å². The van der Waals surface area contributed by atoms with E-state index in [1.807, 2.05) is 13.8 Å². The van der Waals surface area contributed by atoms with Crippen LogP contribution in [0.25, 0.3) is 0 Å². The molecule has 0 bridgehead atoms. The molecule has 0 unspecified atom stereocenters. The maximum Gasteiger partial charge on any atom is 0.276 e. The third-order valence-electron chi connectivity index (χ3n) is 2.51. The molecule has 98 valence electrons. The number of nitrogens with one attached hydrogen (secondary N) is 2. The van der Waals surface area contributed by atoms with Gasteiger partial charge in [-0.3, -0.25) is 9.78 Å². The molecule has 0 aliphatic rings. The molecule has 2 rings (SSSR count). The van der Waals surface area contributed by atoms with Crippen molar-refractivity contribution < 1.29 is 4.79 Å². The Labute approximate surface area is 111 Å². The van der Waals surface area contributed by atoms with E-state index >= 15 is 0 Å². The minimum Gasteiger partial charge on any atom is -0.369 e. The second kappa shape index (κ2) is 5.90. The molecule has 0 aliphatic carbocycles. The Morgan fingerprint density at radius 3 is 2.74 bits per heavy atom. The normalized spacial score (nSPS) is 10.0. The molecule has 0 spiro atoms. The highest BCUT2D eigenvalue weighted by atomic mass is 16.1. The number of hydrogen-bond acceptors (Lipinski definition) is 5. The molecule has 2 aromatic heterocycles. The SMILES string of the molecule is CCNc1ccc(C(=O)Nc2cccnc2C)nn1. The Morgan fingerprint density at radius 2 is 2.11 bits per heavy atom. The lowest BCUT2D eigenvalue weighted by atomic mass is 10.3. The zero-order valence-electron chi connectivity index (χ0n) is 10.8. The quantitative estimate of drug-likeness (QED) is 0.874. The number of anilines is 2. The molecule has 19 heavy (non-hydrogen) atoms. The standard InChI is InChI=1S/C13H15N5O/c1-3-14-12-7-6-11(17-18-12)13(19)16-10-5-4-8-15-9(10)2/h4-8H,3H2,1-2H3,(H,14,18)(H,16,19). The van der Waals surface area contributed by atoms with Gasteiger partial charge in [0, 0.05) is 12.7 Å². The van der Waals surface area contributed by atoms with Crippen LogP contribution >= 0.6 is 0 Å². The molecule has 2 heterocycles. The molecule has 0 aliphatic heterocycles. The smallest absolute Gasteiger partial charge is 0.276 e. The maximum atomic E-state index is 12.0. The summed E-state index contributed by atoms with van der Waals surface area (Å²) in [6, 6.07) is 6.91. The number of pyridine rings is 1. The third kappa shape index (κ3) is 3.25. The van der Waals surface area contributed by atoms with Crippen molar-refractivity contribution in [3.63, 3.8) is 0 Å². The van der Waals surface area contributed by atoms with Gasteiger partial charge in [0.1, 0.15) is 5.82 Å². The fourth-order valence-electron chi connectivity index (χ4n) is 1.53. The van der Waals surface area contributed by atoms with Crippen molar-refractivity contribution in [2.75, 3.05) is 17.2 Å². The van der Waals surface area contributed by atoms with Crippen molar-refractivity contribution >= 4 is 17.4 Å². The molecule has 0 fully saturated rings. The third-order valence-corrected chi connectivity index (χ3v) is 2.51. The van der Waals surface area contributed by atoms with E-state index in [-0.39, 0.29) is 11.6 Å². The first kappa shape index (κ1) is 12.9. The Balaban J connectivity index is 2.10. The Morgan fingerprint density at radius 1 is 1.26 bits per heavy atom. The summed E-state index contributed by atoms with van der Waals surface area (Å²) in [6.45, 7) is 4.55. The largest absolute Gasteiger partial charge is 0.369 e. The van der Waals surface area contributed by atoms with Crippen LogP contribution in [-0.4, -0.2) is 27.6 Å². The fourth-order valence-corrected chi connectivity index (χ4v) is 1.53. The van der Waals surface area contributed by atoms with E-state index in [0.29, 0.717) is 11.5 Å². The van der Waals surface area contributed by atoms with Crippen molar-refractivity contribution in [2.24, 2.45) is 0 Å². The highest BCUT2D eigenvalue weighted by Crippen LogP contribution is 2.11. The molecule has 6 nitrogen and oxygen atoms in total. The monoisotopic (exact) mass is 257 g/mol. The first-order valence-corrected chi connectivity index (χ1v) is 6.01. The Kier molecular flexibility index (Phi) is 4.02. The van der Waals surface area contributed by atoms with E-state index in [2.05, 4.69) is 25.8 Å². The Hall–Kier alpha value is -2.50. The van der Waals surface area contributed by atoms with E-state index in [1.165, 1.54) is 0 Å². The van der Waals surface area contributed by atoms with Crippen LogP contribution in [0.1, 0.15) is 23.1 Å². The van der Waals surface area contributed by atoms with E-state index in [0.717, 1.165) is 12.2 Å². The van der Waals surface area contributed by atoms with Crippen molar-refractivity contribution in [1.82, 2.24) is 15.2 Å². The number of aromatic nitrogens is 3. The van der Waals surface area contributed by atoms with E-state index in [4.69, 9.17) is 0 Å². The lowest BCUT2D eigenvalue weighted by Gasteiger charge is -2.07. The van der Waals surface area contributed by atoms with Crippen LogP contribution in [0.15, 0.2) is 30.5 Å². The summed E-state index contributed by atoms with van der Waals surface area (Å²) in [7, 11) is 0. The number of rotatable bonds is 4. The van der Waals surface area contributed by atoms with Gasteiger partial charge in [-0.25, -0.2) is 0 Å². The average Bonchev–Trinajstić information content (AvgIpc) is 2.42. The number of aryl methyl sites for hydroxylation is 1. The van der Waals surface area contributed by atoms with Crippen LogP contribution in [0.3, 0.4) is 0 Å². The summed E-state index contributed by atoms with van der Waals surface area (Å²) in [5.41, 5.74) is 1.70. The van der Waals surface area contributed by atoms with Gasteiger partial charge < -0.3 is 10.6 Å². The number of hydrogen-bond donors (Lipinski definition) is 2. The van der Waals surface area contributed by atoms with Crippen LogP contribution in [0.2, 0.25) is 0 Å². The number of amides is 1. The minimum atomic E-state index is -0.299. The summed E-state index contributed by atoms with van der Waals surface area (Å²) >= 11 is 0. The summed E-state index contributed by atoms with van der Waals surface area (Å²) in [5, 5.41) is 13.6. The van der Waals surface area contributed by atoms with Crippen molar-refractivity contribution in [2.45, 2.75) is 13.8 Å². The predicted octanol–water partition coefficient (Wildman–Crippen LogP) is 1.86. The highest BCUT2D eigenvalue weighted by Gasteiger charge is 2.09. The predicted molar refractivity (Wildman–Crippen MR) is 73.1 cm³/mol. The zero-order chi connectivity index (χ0) is 13.7. The maximum absolute atomic E-state index is 12.0. The van der Waals surface area contributed by atoms with Gasteiger partial charge in [0.25, 0.3) is 5.91 Å². The van der Waals surface area contributed by atoms with Gasteiger partial charge in [-0.05, 0) is 38.1 Å². The van der Waals surface area contributed by atoms with Crippen molar-refractivity contribution in [3.8, 4) is 0 Å². The number of carbonyl (C=O) groups excluding carboxylic acids is 1. The van der Waals surface area contributed by atoms with Crippen LogP contribution in [0.4, 0.5) is 11.5 Å². The second-order valence-electron chi connectivity index (χ2n) is 3.92. The summed E-state index contributed by atoms with van der Waals surface area (Å²) in [6.07, 6.45) is 1.68. The number of carbonyl (C=O) groups is 1. The van der Waals surface area contributed by atoms with Gasteiger partial charge in [-0.1, -0.05) is 0 Å². The molecule has 1 amide bonds. The number of nitrogens with zero attached hydrogens (tertiary/aromatic N) is 3. The lowest BCUT2D eigenvalue weighted by molar-refractivity contribution is 0.102. The molecule has 6 heteroatoms. The van der Waals surface area contributed by atoms with E-state index in [1.54, 1.807) is 30.5 Å². The summed E-state index contributed by atoms with van der Waals surface area (Å²) < 4.78 is 0. The molecule has 0 radical (unpaired) electrons. The van der Waals surface area contributed by atoms with Crippen LogP contribution in [-0.2, 0) is 0 Å². The first-order valence-electron chi connectivity index (χ1n) is 6.01. The molecular formula is C13H15N5O. The lowest BCUT2D eigenvalue weighted by Crippen LogP contribution is -2.15. The van der Waals surface area contributed by atoms with Crippen LogP contribution in [0, 0.1) is 6.92 Å². The summed E-state index contributed by atoms with van der Waals surface area (Å²) in [4.78, 5) is 16.1. The van der Waals surface area contributed by atoms with Crippen LogP contribution < -0.4 is 10.6 Å². The Bertz CT molecular complexity index is 568. The van der Waals surface area contributed by atoms with Crippen molar-refractivity contribution in [3.05, 3.63) is 41.9 Å². The van der Waals surface area contributed by atoms with Gasteiger partial charge in [0.15, 0.2) is 5.69 Å². The molecule has 0 saturated heterocycles.